The van der Waals surface area contributed by atoms with E-state index in [2.05, 4.69) is 20.0 Å². The van der Waals surface area contributed by atoms with Gasteiger partial charge in [0, 0.05) is 35.0 Å². The lowest BCUT2D eigenvalue weighted by Crippen LogP contribution is -1.90. The second kappa shape index (κ2) is 7.01. The first-order valence-electron chi connectivity index (χ1n) is 5.80. The maximum absolute atomic E-state index is 13.5. The second-order valence-corrected chi connectivity index (χ2v) is 4.84. The summed E-state index contributed by atoms with van der Waals surface area (Å²) in [5, 5.41) is 13.8. The molecule has 0 fully saturated rings. The van der Waals surface area contributed by atoms with Gasteiger partial charge in [0.15, 0.2) is 5.82 Å². The number of nitrogens with zero attached hydrogens (tertiary/aromatic N) is 6. The molecular formula is C12H5Cl2FN6O2. The first kappa shape index (κ1) is 16.6. The first-order valence-corrected chi connectivity index (χ1v) is 6.55. The molecule has 0 spiro atoms. The van der Waals surface area contributed by atoms with Crippen molar-refractivity contribution < 1.29 is 9.31 Å². The second-order valence-electron chi connectivity index (χ2n) is 4.02. The van der Waals surface area contributed by atoms with Crippen molar-refractivity contribution in [3.63, 3.8) is 0 Å². The Bertz CT molecular complexity index is 844. The van der Waals surface area contributed by atoms with Crippen LogP contribution in [0.15, 0.2) is 34.6 Å². The van der Waals surface area contributed by atoms with Crippen LogP contribution in [0, 0.1) is 15.9 Å². The number of aliphatic imine (C=N–C) groups is 1. The van der Waals surface area contributed by atoms with Gasteiger partial charge in [-0.25, -0.2) is 4.39 Å². The van der Waals surface area contributed by atoms with Crippen molar-refractivity contribution in [3.05, 3.63) is 66.5 Å². The van der Waals surface area contributed by atoms with Crippen LogP contribution in [0.25, 0.3) is 10.4 Å². The molecule has 0 aliphatic carbocycles. The highest BCUT2D eigenvalue weighted by Crippen LogP contribution is 2.37. The highest BCUT2D eigenvalue weighted by Gasteiger charge is 2.14. The molecule has 11 heteroatoms. The molecule has 0 radical (unpaired) electrons. The summed E-state index contributed by atoms with van der Waals surface area (Å²) in [6.45, 7) is 0. The molecule has 2 aromatic rings. The van der Waals surface area contributed by atoms with Gasteiger partial charge in [-0.3, -0.25) is 20.1 Å². The highest BCUT2D eigenvalue weighted by atomic mass is 35.5. The molecule has 1 aromatic heterocycles. The quantitative estimate of drug-likeness (QED) is 0.189. The molecule has 0 saturated carbocycles. The molecule has 0 saturated heterocycles. The van der Waals surface area contributed by atoms with Crippen molar-refractivity contribution in [1.29, 1.82) is 0 Å². The topological polar surface area (TPSA) is 117 Å². The molecule has 0 amide bonds. The normalized spacial score (nSPS) is 10.6. The summed E-state index contributed by atoms with van der Waals surface area (Å²) in [6.07, 6.45) is 3.25. The Kier molecular flexibility index (Phi) is 5.07. The fraction of sp³-hybridized carbons (Fsp3) is 0. The number of aromatic nitrogens is 1. The predicted molar refractivity (Wildman–Crippen MR) is 83.4 cm³/mol. The number of rotatable bonds is 4. The van der Waals surface area contributed by atoms with E-state index in [0.717, 1.165) is 24.5 Å². The largest absolute Gasteiger partial charge is 0.272 e. The number of non-ortho nitro benzene ring substituents is 1. The minimum Gasteiger partial charge on any atom is -0.261 e. The molecule has 0 aliphatic heterocycles. The minimum atomic E-state index is -0.826. The van der Waals surface area contributed by atoms with Crippen LogP contribution in [-0.4, -0.2) is 16.1 Å². The summed E-state index contributed by atoms with van der Waals surface area (Å²) in [4.78, 5) is 20.1. The number of nitro benzene ring substituents is 1. The predicted octanol–water partition coefficient (Wildman–Crippen LogP) is 5.13. The maximum atomic E-state index is 13.5. The first-order chi connectivity index (χ1) is 10.9. The Hall–Kier alpha value is -2.74. The van der Waals surface area contributed by atoms with E-state index in [4.69, 9.17) is 28.7 Å². The summed E-state index contributed by atoms with van der Waals surface area (Å²) >= 11 is 11.8. The fourth-order valence-corrected chi connectivity index (χ4v) is 2.18. The summed E-state index contributed by atoms with van der Waals surface area (Å²) in [5.74, 6) is -0.826. The summed E-state index contributed by atoms with van der Waals surface area (Å²) in [5.41, 5.74) is 8.01. The lowest BCUT2D eigenvalue weighted by Gasteiger charge is -2.03. The van der Waals surface area contributed by atoms with Crippen molar-refractivity contribution in [2.24, 2.45) is 10.1 Å². The molecule has 23 heavy (non-hydrogen) atoms. The zero-order valence-corrected chi connectivity index (χ0v) is 12.5. The Morgan fingerprint density at radius 3 is 2.52 bits per heavy atom. The van der Waals surface area contributed by atoms with E-state index < -0.39 is 10.7 Å². The van der Waals surface area contributed by atoms with Crippen molar-refractivity contribution in [1.82, 2.24) is 4.98 Å². The van der Waals surface area contributed by atoms with Gasteiger partial charge < -0.3 is 0 Å². The van der Waals surface area contributed by atoms with Gasteiger partial charge in [-0.15, -0.1) is 0 Å². The van der Waals surface area contributed by atoms with E-state index in [1.165, 1.54) is 6.20 Å². The van der Waals surface area contributed by atoms with Crippen LogP contribution in [0.4, 0.5) is 21.5 Å². The number of pyridine rings is 1. The SMILES string of the molecule is [N-]=[N+]=Nc1c(F)cncc1/C=N/c1c(Cl)cc([N+](=O)[O-])cc1Cl. The zero-order chi connectivity index (χ0) is 17.0. The number of halogens is 3. The molecule has 1 aromatic carbocycles. The van der Waals surface area contributed by atoms with Crippen molar-refractivity contribution >= 4 is 46.5 Å². The molecule has 116 valence electrons. The molecule has 2 rings (SSSR count). The number of azide groups is 1. The Morgan fingerprint density at radius 2 is 1.96 bits per heavy atom. The van der Waals surface area contributed by atoms with Gasteiger partial charge in [0.25, 0.3) is 5.69 Å². The standard InChI is InChI=1S/C12H5Cl2FN6O2/c13-8-1-7(21(22)23)2-9(14)12(8)18-4-6-3-17-5-10(15)11(6)19-20-16/h1-5H/b18-4+. The van der Waals surface area contributed by atoms with Crippen LogP contribution < -0.4 is 0 Å². The fourth-order valence-electron chi connectivity index (χ4n) is 1.60. The molecule has 1 heterocycles. The van der Waals surface area contributed by atoms with Gasteiger partial charge in [0.05, 0.1) is 26.9 Å². The van der Waals surface area contributed by atoms with E-state index >= 15 is 0 Å². The van der Waals surface area contributed by atoms with Gasteiger partial charge in [-0.1, -0.05) is 28.3 Å². The molecule has 8 nitrogen and oxygen atoms in total. The zero-order valence-electron chi connectivity index (χ0n) is 11.0. The van der Waals surface area contributed by atoms with Crippen LogP contribution in [-0.2, 0) is 0 Å². The molecule has 0 unspecified atom stereocenters. The monoisotopic (exact) mass is 354 g/mol. The van der Waals surface area contributed by atoms with E-state index in [9.17, 15) is 14.5 Å². The van der Waals surface area contributed by atoms with Crippen LogP contribution in [0.2, 0.25) is 10.0 Å². The van der Waals surface area contributed by atoms with Gasteiger partial charge in [0.1, 0.15) is 5.69 Å². The third-order valence-electron chi connectivity index (χ3n) is 2.59. The Balaban J connectivity index is 2.48. The van der Waals surface area contributed by atoms with Gasteiger partial charge in [-0.05, 0) is 5.53 Å². The summed E-state index contributed by atoms with van der Waals surface area (Å²) in [6, 6.07) is 2.16. The van der Waals surface area contributed by atoms with Crippen LogP contribution in [0.1, 0.15) is 5.56 Å². The van der Waals surface area contributed by atoms with Crippen LogP contribution >= 0.6 is 23.2 Å². The van der Waals surface area contributed by atoms with Crippen molar-refractivity contribution in [2.45, 2.75) is 0 Å². The average molecular weight is 355 g/mol. The third kappa shape index (κ3) is 3.72. The van der Waals surface area contributed by atoms with Crippen LogP contribution in [0.5, 0.6) is 0 Å². The van der Waals surface area contributed by atoms with E-state index in [0.29, 0.717) is 0 Å². The molecular weight excluding hydrogens is 350 g/mol. The maximum Gasteiger partial charge on any atom is 0.272 e. The summed E-state index contributed by atoms with van der Waals surface area (Å²) < 4.78 is 13.5. The Morgan fingerprint density at radius 1 is 1.30 bits per heavy atom. The van der Waals surface area contributed by atoms with Crippen molar-refractivity contribution in [2.75, 3.05) is 0 Å². The number of hydrogen-bond acceptors (Lipinski definition) is 5. The highest BCUT2D eigenvalue weighted by molar-refractivity contribution is 6.39. The lowest BCUT2D eigenvalue weighted by molar-refractivity contribution is -0.384. The van der Waals surface area contributed by atoms with E-state index in [-0.39, 0.29) is 32.7 Å². The third-order valence-corrected chi connectivity index (χ3v) is 3.17. The van der Waals surface area contributed by atoms with Gasteiger partial charge >= 0.3 is 0 Å². The molecule has 0 aliphatic rings. The molecule has 0 atom stereocenters. The van der Waals surface area contributed by atoms with Gasteiger partial charge in [0.2, 0.25) is 0 Å². The number of hydrogen-bond donors (Lipinski definition) is 0. The molecule has 0 N–H and O–H groups in total. The molecule has 0 bridgehead atoms. The smallest absolute Gasteiger partial charge is 0.261 e. The van der Waals surface area contributed by atoms with E-state index in [1.807, 2.05) is 0 Å². The minimum absolute atomic E-state index is 0.0510. The number of nitro groups is 1. The van der Waals surface area contributed by atoms with Gasteiger partial charge in [-0.2, -0.15) is 0 Å². The van der Waals surface area contributed by atoms with Crippen molar-refractivity contribution in [3.8, 4) is 0 Å². The Labute approximate surface area is 138 Å². The number of benzene rings is 1. The van der Waals surface area contributed by atoms with Crippen LogP contribution in [0.3, 0.4) is 0 Å². The van der Waals surface area contributed by atoms with E-state index in [1.54, 1.807) is 0 Å². The lowest BCUT2D eigenvalue weighted by atomic mass is 10.2. The summed E-state index contributed by atoms with van der Waals surface area (Å²) in [7, 11) is 0. The average Bonchev–Trinajstić information content (AvgIpc) is 2.49.